The molecule has 6 heteroatoms. The molecule has 2 rings (SSSR count). The Bertz CT molecular complexity index is 680. The van der Waals surface area contributed by atoms with Gasteiger partial charge in [-0.1, -0.05) is 24.0 Å². The van der Waals surface area contributed by atoms with Crippen LogP contribution in [0.3, 0.4) is 0 Å². The van der Waals surface area contributed by atoms with E-state index >= 15 is 0 Å². The van der Waals surface area contributed by atoms with Crippen LogP contribution in [0.15, 0.2) is 29.2 Å². The third-order valence-corrected chi connectivity index (χ3v) is 3.24. The SMILES string of the molecule is CC(=O)OCC#Cc1ccc(/C=C2/SC(=O)NC2=O)cc1. The fourth-order valence-electron chi connectivity index (χ4n) is 1.51. The zero-order chi connectivity index (χ0) is 15.2. The van der Waals surface area contributed by atoms with Gasteiger partial charge in [-0.05, 0) is 35.5 Å². The van der Waals surface area contributed by atoms with Crippen LogP contribution in [-0.2, 0) is 14.3 Å². The molecule has 0 unspecified atom stereocenters. The molecule has 0 aliphatic carbocycles. The van der Waals surface area contributed by atoms with Crippen molar-refractivity contribution in [2.75, 3.05) is 6.61 Å². The fraction of sp³-hybridized carbons (Fsp3) is 0.133. The van der Waals surface area contributed by atoms with Crippen LogP contribution in [0, 0.1) is 11.8 Å². The van der Waals surface area contributed by atoms with Crippen LogP contribution >= 0.6 is 11.8 Å². The molecule has 1 aliphatic rings. The van der Waals surface area contributed by atoms with Crippen LogP contribution in [0.4, 0.5) is 4.79 Å². The molecule has 5 nitrogen and oxygen atoms in total. The summed E-state index contributed by atoms with van der Waals surface area (Å²) in [5.41, 5.74) is 1.57. The van der Waals surface area contributed by atoms with E-state index in [4.69, 9.17) is 4.74 Å². The lowest BCUT2D eigenvalue weighted by molar-refractivity contribution is -0.139. The highest BCUT2D eigenvalue weighted by atomic mass is 32.2. The lowest BCUT2D eigenvalue weighted by atomic mass is 10.1. The Labute approximate surface area is 125 Å². The first-order valence-electron chi connectivity index (χ1n) is 6.02. The number of imide groups is 1. The van der Waals surface area contributed by atoms with Crippen LogP contribution in [-0.4, -0.2) is 23.7 Å². The van der Waals surface area contributed by atoms with E-state index in [0.717, 1.165) is 22.9 Å². The van der Waals surface area contributed by atoms with Gasteiger partial charge in [0, 0.05) is 12.5 Å². The van der Waals surface area contributed by atoms with Crippen molar-refractivity contribution in [1.82, 2.24) is 5.32 Å². The second-order valence-corrected chi connectivity index (χ2v) is 5.07. The number of hydrogen-bond acceptors (Lipinski definition) is 5. The van der Waals surface area contributed by atoms with Crippen LogP contribution < -0.4 is 5.32 Å². The van der Waals surface area contributed by atoms with E-state index in [0.29, 0.717) is 4.91 Å². The Balaban J connectivity index is 2.02. The molecular weight excluding hydrogens is 290 g/mol. The number of benzene rings is 1. The Kier molecular flexibility index (Phi) is 4.80. The van der Waals surface area contributed by atoms with E-state index < -0.39 is 0 Å². The molecule has 106 valence electrons. The summed E-state index contributed by atoms with van der Waals surface area (Å²) < 4.78 is 4.70. The number of carbonyl (C=O) groups excluding carboxylic acids is 3. The van der Waals surface area contributed by atoms with Crippen molar-refractivity contribution < 1.29 is 19.1 Å². The molecule has 2 amide bonds. The molecule has 1 aromatic rings. The van der Waals surface area contributed by atoms with Crippen LogP contribution in [0.25, 0.3) is 6.08 Å². The summed E-state index contributed by atoms with van der Waals surface area (Å²) in [4.78, 5) is 33.4. The maximum absolute atomic E-state index is 11.4. The van der Waals surface area contributed by atoms with Crippen molar-refractivity contribution in [2.24, 2.45) is 0 Å². The lowest BCUT2D eigenvalue weighted by Crippen LogP contribution is -2.17. The van der Waals surface area contributed by atoms with Crippen LogP contribution in [0.5, 0.6) is 0 Å². The molecule has 0 atom stereocenters. The number of nitrogens with one attached hydrogen (secondary N) is 1. The van der Waals surface area contributed by atoms with E-state index in [1.807, 2.05) is 0 Å². The highest BCUT2D eigenvalue weighted by Gasteiger charge is 2.24. The highest BCUT2D eigenvalue weighted by Crippen LogP contribution is 2.25. The van der Waals surface area contributed by atoms with Gasteiger partial charge in [0.1, 0.15) is 0 Å². The van der Waals surface area contributed by atoms with Crippen LogP contribution in [0.1, 0.15) is 18.1 Å². The number of esters is 1. The molecule has 1 aliphatic heterocycles. The van der Waals surface area contributed by atoms with E-state index in [1.54, 1.807) is 30.3 Å². The molecule has 1 fully saturated rings. The van der Waals surface area contributed by atoms with Gasteiger partial charge in [-0.2, -0.15) is 0 Å². The Morgan fingerprint density at radius 1 is 1.33 bits per heavy atom. The predicted octanol–water partition coefficient (Wildman–Crippen LogP) is 1.93. The van der Waals surface area contributed by atoms with Crippen molar-refractivity contribution in [3.63, 3.8) is 0 Å². The van der Waals surface area contributed by atoms with Gasteiger partial charge in [-0.3, -0.25) is 19.7 Å². The van der Waals surface area contributed by atoms with Crippen molar-refractivity contribution in [3.8, 4) is 11.8 Å². The van der Waals surface area contributed by atoms with E-state index in [1.165, 1.54) is 6.92 Å². The van der Waals surface area contributed by atoms with Gasteiger partial charge >= 0.3 is 5.97 Å². The van der Waals surface area contributed by atoms with Gasteiger partial charge in [-0.25, -0.2) is 0 Å². The van der Waals surface area contributed by atoms with Gasteiger partial charge in [0.05, 0.1) is 4.91 Å². The summed E-state index contributed by atoms with van der Waals surface area (Å²) in [5, 5.41) is 1.83. The van der Waals surface area contributed by atoms with Gasteiger partial charge in [0.25, 0.3) is 11.1 Å². The molecule has 1 aromatic carbocycles. The normalized spacial score (nSPS) is 15.4. The average molecular weight is 301 g/mol. The lowest BCUT2D eigenvalue weighted by Gasteiger charge is -1.96. The quantitative estimate of drug-likeness (QED) is 0.513. The smallest absolute Gasteiger partial charge is 0.303 e. The number of ether oxygens (including phenoxy) is 1. The van der Waals surface area contributed by atoms with Gasteiger partial charge in [-0.15, -0.1) is 0 Å². The maximum atomic E-state index is 11.4. The molecule has 1 heterocycles. The Morgan fingerprint density at radius 2 is 2.05 bits per heavy atom. The minimum atomic E-state index is -0.379. The monoisotopic (exact) mass is 301 g/mol. The van der Waals surface area contributed by atoms with E-state index in [2.05, 4.69) is 17.2 Å². The molecule has 0 spiro atoms. The highest BCUT2D eigenvalue weighted by molar-refractivity contribution is 8.18. The third-order valence-electron chi connectivity index (χ3n) is 2.43. The summed E-state index contributed by atoms with van der Waals surface area (Å²) in [6.45, 7) is 1.38. The molecule has 0 saturated carbocycles. The van der Waals surface area contributed by atoms with Crippen molar-refractivity contribution in [1.29, 1.82) is 0 Å². The molecular formula is C15H11NO4S. The Morgan fingerprint density at radius 3 is 2.62 bits per heavy atom. The third kappa shape index (κ3) is 4.51. The first kappa shape index (κ1) is 14.9. The largest absolute Gasteiger partial charge is 0.453 e. The minimum absolute atomic E-state index is 0.0556. The zero-order valence-corrected chi connectivity index (χ0v) is 12.0. The number of thioether (sulfide) groups is 1. The molecule has 0 aromatic heterocycles. The minimum Gasteiger partial charge on any atom is -0.453 e. The summed E-state index contributed by atoms with van der Waals surface area (Å²) in [6, 6.07) is 7.15. The second-order valence-electron chi connectivity index (χ2n) is 4.06. The first-order valence-corrected chi connectivity index (χ1v) is 6.83. The molecule has 21 heavy (non-hydrogen) atoms. The molecule has 0 radical (unpaired) electrons. The standard InChI is InChI=1S/C15H11NO4S/c1-10(17)20-8-2-3-11-4-6-12(7-5-11)9-13-14(18)16-15(19)21-13/h4-7,9H,8H2,1H3,(H,16,18,19)/b13-9+. The number of hydrogen-bond donors (Lipinski definition) is 1. The average Bonchev–Trinajstić information content (AvgIpc) is 2.74. The van der Waals surface area contributed by atoms with Gasteiger partial charge < -0.3 is 4.74 Å². The maximum Gasteiger partial charge on any atom is 0.303 e. The summed E-state index contributed by atoms with van der Waals surface area (Å²) >= 11 is 0.877. The van der Waals surface area contributed by atoms with Crippen molar-refractivity contribution in [3.05, 3.63) is 40.3 Å². The number of rotatable bonds is 2. The fourth-order valence-corrected chi connectivity index (χ4v) is 2.19. The van der Waals surface area contributed by atoms with E-state index in [9.17, 15) is 14.4 Å². The topological polar surface area (TPSA) is 72.5 Å². The van der Waals surface area contributed by atoms with Gasteiger partial charge in [0.15, 0.2) is 6.61 Å². The predicted molar refractivity (Wildman–Crippen MR) is 79.1 cm³/mol. The first-order chi connectivity index (χ1) is 10.0. The number of amides is 2. The van der Waals surface area contributed by atoms with E-state index in [-0.39, 0.29) is 23.7 Å². The molecule has 1 N–H and O–H groups in total. The number of carbonyl (C=O) groups is 3. The molecule has 0 bridgehead atoms. The second kappa shape index (κ2) is 6.77. The van der Waals surface area contributed by atoms with Crippen molar-refractivity contribution >= 4 is 35.0 Å². The summed E-state index contributed by atoms with van der Waals surface area (Å²) in [5.74, 6) is 4.82. The van der Waals surface area contributed by atoms with Crippen LogP contribution in [0.2, 0.25) is 0 Å². The van der Waals surface area contributed by atoms with Gasteiger partial charge in [0.2, 0.25) is 0 Å². The zero-order valence-electron chi connectivity index (χ0n) is 11.1. The summed E-state index contributed by atoms with van der Waals surface area (Å²) in [6.07, 6.45) is 1.64. The Hall–Kier alpha value is -2.52. The molecule has 1 saturated heterocycles. The van der Waals surface area contributed by atoms with Crippen molar-refractivity contribution in [2.45, 2.75) is 6.92 Å². The summed E-state index contributed by atoms with van der Waals surface area (Å²) in [7, 11) is 0.